The van der Waals surface area contributed by atoms with Crippen LogP contribution in [0.1, 0.15) is 18.8 Å². The van der Waals surface area contributed by atoms with Crippen LogP contribution in [0.4, 0.5) is 17.5 Å². The number of anilines is 2. The van der Waals surface area contributed by atoms with Gasteiger partial charge in [-0.2, -0.15) is 4.98 Å². The Balaban J connectivity index is 2.30. The average Bonchev–Trinajstić information content (AvgIpc) is 2.75. The Morgan fingerprint density at radius 3 is 2.89 bits per heavy atom. The minimum atomic E-state index is -0.578. The molecule has 0 amide bonds. The number of aromatic nitrogens is 5. The molecule has 0 aliphatic heterocycles. The van der Waals surface area contributed by atoms with Crippen LogP contribution in [0, 0.1) is 10.1 Å². The van der Waals surface area contributed by atoms with Crippen molar-refractivity contribution in [3.05, 3.63) is 28.5 Å². The van der Waals surface area contributed by atoms with Crippen LogP contribution in [0.15, 0.2) is 12.5 Å². The van der Waals surface area contributed by atoms with Crippen LogP contribution in [0.25, 0.3) is 0 Å². The van der Waals surface area contributed by atoms with Crippen LogP contribution in [0.2, 0.25) is 0 Å². The van der Waals surface area contributed by atoms with Gasteiger partial charge in [0.15, 0.2) is 5.82 Å². The molecule has 10 nitrogen and oxygen atoms in total. The van der Waals surface area contributed by atoms with E-state index < -0.39 is 4.92 Å². The zero-order valence-electron chi connectivity index (χ0n) is 10.3. The maximum absolute atomic E-state index is 10.9. The van der Waals surface area contributed by atoms with E-state index in [-0.39, 0.29) is 23.5 Å². The van der Waals surface area contributed by atoms with E-state index in [0.717, 1.165) is 6.20 Å². The van der Waals surface area contributed by atoms with Crippen LogP contribution in [-0.2, 0) is 7.05 Å². The fourth-order valence-corrected chi connectivity index (χ4v) is 1.58. The molecule has 0 aliphatic carbocycles. The molecule has 1 atom stereocenters. The van der Waals surface area contributed by atoms with E-state index >= 15 is 0 Å². The summed E-state index contributed by atoms with van der Waals surface area (Å²) in [5.74, 6) is 0.623. The van der Waals surface area contributed by atoms with E-state index in [1.54, 1.807) is 18.5 Å². The van der Waals surface area contributed by atoms with Crippen molar-refractivity contribution >= 4 is 17.5 Å². The minimum absolute atomic E-state index is 0.0433. The van der Waals surface area contributed by atoms with Crippen LogP contribution < -0.4 is 11.1 Å². The highest BCUT2D eigenvalue weighted by atomic mass is 16.6. The number of aryl methyl sites for hydroxylation is 1. The summed E-state index contributed by atoms with van der Waals surface area (Å²) in [6, 6.07) is -0.319. The lowest BCUT2D eigenvalue weighted by Gasteiger charge is -2.13. The monoisotopic (exact) mass is 264 g/mol. The topological polar surface area (TPSA) is 138 Å². The van der Waals surface area contributed by atoms with E-state index in [9.17, 15) is 10.1 Å². The predicted octanol–water partition coefficient (Wildman–Crippen LogP) is 0.269. The van der Waals surface area contributed by atoms with E-state index in [2.05, 4.69) is 25.5 Å². The largest absolute Gasteiger partial charge is 0.368 e. The van der Waals surface area contributed by atoms with Gasteiger partial charge < -0.3 is 15.6 Å². The van der Waals surface area contributed by atoms with Gasteiger partial charge in [0.2, 0.25) is 11.8 Å². The van der Waals surface area contributed by atoms with Gasteiger partial charge >= 0.3 is 5.69 Å². The summed E-state index contributed by atoms with van der Waals surface area (Å²) in [6.45, 7) is 1.78. The van der Waals surface area contributed by atoms with Crippen molar-refractivity contribution in [3.63, 3.8) is 0 Å². The first-order chi connectivity index (χ1) is 8.99. The molecule has 0 saturated carbocycles. The molecule has 1 unspecified atom stereocenters. The van der Waals surface area contributed by atoms with Crippen molar-refractivity contribution in [1.29, 1.82) is 0 Å². The summed E-state index contributed by atoms with van der Waals surface area (Å²) in [7, 11) is 1.77. The number of hydrogen-bond donors (Lipinski definition) is 2. The van der Waals surface area contributed by atoms with Crippen molar-refractivity contribution in [3.8, 4) is 0 Å². The third-order valence-electron chi connectivity index (χ3n) is 2.47. The zero-order valence-corrected chi connectivity index (χ0v) is 10.3. The molecule has 0 radical (unpaired) electrons. The molecule has 2 aromatic rings. The van der Waals surface area contributed by atoms with E-state index in [1.165, 1.54) is 6.33 Å². The third-order valence-corrected chi connectivity index (χ3v) is 2.47. The molecule has 3 N–H and O–H groups in total. The van der Waals surface area contributed by atoms with Gasteiger partial charge in [0, 0.05) is 7.05 Å². The second-order valence-corrected chi connectivity index (χ2v) is 3.89. The number of nitrogens with zero attached hydrogens (tertiary/aromatic N) is 6. The Morgan fingerprint density at radius 1 is 1.58 bits per heavy atom. The number of hydrogen-bond acceptors (Lipinski definition) is 8. The zero-order chi connectivity index (χ0) is 14.0. The van der Waals surface area contributed by atoms with Crippen LogP contribution in [-0.4, -0.2) is 29.7 Å². The lowest BCUT2D eigenvalue weighted by atomic mass is 10.3. The Hall–Kier alpha value is -2.78. The molecule has 0 fully saturated rings. The van der Waals surface area contributed by atoms with Crippen molar-refractivity contribution in [2.75, 3.05) is 11.1 Å². The number of nitrogens with two attached hydrogens (primary N) is 1. The second-order valence-electron chi connectivity index (χ2n) is 3.89. The van der Waals surface area contributed by atoms with Gasteiger partial charge in [0.25, 0.3) is 0 Å². The molecule has 2 heterocycles. The summed E-state index contributed by atoms with van der Waals surface area (Å²) < 4.78 is 1.70. The van der Waals surface area contributed by atoms with Crippen molar-refractivity contribution in [1.82, 2.24) is 24.7 Å². The molecular formula is C9H12N8O2. The lowest BCUT2D eigenvalue weighted by Crippen LogP contribution is -2.14. The summed E-state index contributed by atoms with van der Waals surface area (Å²) in [6.07, 6.45) is 2.60. The highest BCUT2D eigenvalue weighted by molar-refractivity contribution is 5.56. The van der Waals surface area contributed by atoms with Crippen molar-refractivity contribution in [2.24, 2.45) is 7.05 Å². The normalized spacial score (nSPS) is 12.1. The second kappa shape index (κ2) is 4.84. The van der Waals surface area contributed by atoms with Gasteiger partial charge in [0.1, 0.15) is 12.5 Å². The Labute approximate surface area is 107 Å². The van der Waals surface area contributed by atoms with E-state index in [1.807, 2.05) is 0 Å². The van der Waals surface area contributed by atoms with Gasteiger partial charge in [-0.05, 0) is 6.92 Å². The Bertz CT molecular complexity index is 610. The summed E-state index contributed by atoms with van der Waals surface area (Å²) >= 11 is 0. The Morgan fingerprint density at radius 2 is 2.32 bits per heavy atom. The number of rotatable bonds is 4. The van der Waals surface area contributed by atoms with Crippen LogP contribution >= 0.6 is 0 Å². The van der Waals surface area contributed by atoms with Gasteiger partial charge in [-0.25, -0.2) is 4.98 Å². The predicted molar refractivity (Wildman–Crippen MR) is 66.1 cm³/mol. The number of nitrogens with one attached hydrogen (secondary N) is 1. The maximum Gasteiger partial charge on any atom is 0.329 e. The molecule has 0 spiro atoms. The minimum Gasteiger partial charge on any atom is -0.368 e. The van der Waals surface area contributed by atoms with Crippen molar-refractivity contribution < 1.29 is 4.92 Å². The lowest BCUT2D eigenvalue weighted by molar-refractivity contribution is -0.384. The van der Waals surface area contributed by atoms with Gasteiger partial charge in [-0.3, -0.25) is 10.1 Å². The van der Waals surface area contributed by atoms with Crippen LogP contribution in [0.3, 0.4) is 0 Å². The van der Waals surface area contributed by atoms with Gasteiger partial charge in [0.05, 0.1) is 11.0 Å². The summed E-state index contributed by atoms with van der Waals surface area (Å²) in [5, 5.41) is 21.4. The SMILES string of the molecule is CC(Nc1nc(N)ncc1[N+](=O)[O-])c1nncn1C. The molecule has 0 aromatic carbocycles. The first-order valence-electron chi connectivity index (χ1n) is 5.36. The molecule has 19 heavy (non-hydrogen) atoms. The maximum atomic E-state index is 10.9. The molecule has 2 rings (SSSR count). The fraction of sp³-hybridized carbons (Fsp3) is 0.333. The standard InChI is InChI=1S/C9H12N8O2/c1-5(8-15-12-4-16(8)2)13-7-6(17(18)19)3-11-9(10)14-7/h3-5H,1-2H3,(H3,10,11,13,14). The number of nitrogen functional groups attached to an aromatic ring is 1. The fourth-order valence-electron chi connectivity index (χ4n) is 1.58. The Kier molecular flexibility index (Phi) is 3.23. The smallest absolute Gasteiger partial charge is 0.329 e. The molecule has 0 bridgehead atoms. The first-order valence-corrected chi connectivity index (χ1v) is 5.36. The number of nitro groups is 1. The molecule has 100 valence electrons. The summed E-state index contributed by atoms with van der Waals surface area (Å²) in [5.41, 5.74) is 5.19. The third kappa shape index (κ3) is 2.56. The quantitative estimate of drug-likeness (QED) is 0.592. The average molecular weight is 264 g/mol. The molecule has 2 aromatic heterocycles. The van der Waals surface area contributed by atoms with E-state index in [0.29, 0.717) is 5.82 Å². The highest BCUT2D eigenvalue weighted by Crippen LogP contribution is 2.25. The molecular weight excluding hydrogens is 252 g/mol. The highest BCUT2D eigenvalue weighted by Gasteiger charge is 2.20. The van der Waals surface area contributed by atoms with Crippen LogP contribution in [0.5, 0.6) is 0 Å². The molecule has 0 aliphatic rings. The molecule has 0 saturated heterocycles. The van der Waals surface area contributed by atoms with Crippen molar-refractivity contribution in [2.45, 2.75) is 13.0 Å². The summed E-state index contributed by atoms with van der Waals surface area (Å²) in [4.78, 5) is 17.7. The first kappa shape index (κ1) is 12.7. The van der Waals surface area contributed by atoms with Gasteiger partial charge in [-0.1, -0.05) is 0 Å². The van der Waals surface area contributed by atoms with Gasteiger partial charge in [-0.15, -0.1) is 10.2 Å². The van der Waals surface area contributed by atoms with E-state index in [4.69, 9.17) is 5.73 Å². The molecule has 10 heteroatoms.